The third-order valence-corrected chi connectivity index (χ3v) is 3.06. The Morgan fingerprint density at radius 2 is 2.22 bits per heavy atom. The highest BCUT2D eigenvalue weighted by Crippen LogP contribution is 2.19. The Hall–Kier alpha value is -1.20. The van der Waals surface area contributed by atoms with E-state index in [0.717, 1.165) is 5.56 Å². The van der Waals surface area contributed by atoms with E-state index in [4.69, 9.17) is 22.7 Å². The van der Waals surface area contributed by atoms with E-state index >= 15 is 0 Å². The average molecular weight is 270 g/mol. The first-order valence-corrected chi connectivity index (χ1v) is 6.15. The molecular weight excluding hydrogens is 251 g/mol. The number of methoxy groups -OCH3 is 1. The van der Waals surface area contributed by atoms with Crippen LogP contribution in [0.25, 0.3) is 0 Å². The van der Waals surface area contributed by atoms with Crippen molar-refractivity contribution in [1.29, 1.82) is 0 Å². The molecule has 0 aliphatic heterocycles. The number of rotatable bonds is 6. The van der Waals surface area contributed by atoms with Gasteiger partial charge < -0.3 is 10.5 Å². The third-order valence-electron chi connectivity index (χ3n) is 2.90. The quantitative estimate of drug-likeness (QED) is 0.805. The van der Waals surface area contributed by atoms with Crippen molar-refractivity contribution in [2.75, 3.05) is 14.2 Å². The molecule has 1 aromatic carbocycles. The molecule has 1 rings (SSSR count). The Morgan fingerprint density at radius 3 is 2.72 bits per heavy atom. The number of halogens is 1. The lowest BCUT2D eigenvalue weighted by Gasteiger charge is -2.24. The van der Waals surface area contributed by atoms with Crippen molar-refractivity contribution in [3.63, 3.8) is 0 Å². The summed E-state index contributed by atoms with van der Waals surface area (Å²) in [4.78, 5) is 2.58. The molecule has 0 saturated heterocycles. The molecule has 1 atom stereocenters. The average Bonchev–Trinajstić information content (AvgIpc) is 2.28. The number of hydrogen-bond acceptors (Lipinski definition) is 3. The summed E-state index contributed by atoms with van der Waals surface area (Å²) in [6, 6.07) is 5.21. The van der Waals surface area contributed by atoms with Crippen LogP contribution in [0, 0.1) is 5.82 Å². The fourth-order valence-corrected chi connectivity index (χ4v) is 1.94. The second kappa shape index (κ2) is 6.66. The van der Waals surface area contributed by atoms with Crippen LogP contribution in [0.1, 0.15) is 18.9 Å². The van der Waals surface area contributed by atoms with Crippen molar-refractivity contribution in [3.05, 3.63) is 29.6 Å². The molecule has 0 radical (unpaired) electrons. The lowest BCUT2D eigenvalue weighted by molar-refractivity contribution is 0.254. The molecule has 0 aliphatic carbocycles. The highest BCUT2D eigenvalue weighted by Gasteiger charge is 2.12. The van der Waals surface area contributed by atoms with E-state index < -0.39 is 0 Å². The van der Waals surface area contributed by atoms with E-state index in [1.165, 1.54) is 13.2 Å². The van der Waals surface area contributed by atoms with Crippen molar-refractivity contribution >= 4 is 17.2 Å². The number of ether oxygens (including phenoxy) is 1. The first kappa shape index (κ1) is 14.9. The van der Waals surface area contributed by atoms with Gasteiger partial charge in [0.15, 0.2) is 11.6 Å². The van der Waals surface area contributed by atoms with Crippen LogP contribution in [-0.2, 0) is 6.54 Å². The number of nitrogens with two attached hydrogens (primary N) is 1. The molecule has 0 heterocycles. The Morgan fingerprint density at radius 1 is 1.56 bits per heavy atom. The largest absolute Gasteiger partial charge is 0.494 e. The minimum Gasteiger partial charge on any atom is -0.494 e. The maximum Gasteiger partial charge on any atom is 0.165 e. The molecular formula is C13H19FN2OS. The van der Waals surface area contributed by atoms with Crippen molar-refractivity contribution < 1.29 is 9.13 Å². The molecule has 0 amide bonds. The van der Waals surface area contributed by atoms with Gasteiger partial charge in [-0.2, -0.15) is 0 Å². The lowest BCUT2D eigenvalue weighted by Crippen LogP contribution is -2.32. The zero-order valence-electron chi connectivity index (χ0n) is 10.9. The van der Waals surface area contributed by atoms with Gasteiger partial charge in [-0.05, 0) is 31.7 Å². The molecule has 0 aliphatic rings. The summed E-state index contributed by atoms with van der Waals surface area (Å²) in [6.45, 7) is 2.68. The van der Waals surface area contributed by atoms with Gasteiger partial charge in [0.2, 0.25) is 0 Å². The summed E-state index contributed by atoms with van der Waals surface area (Å²) in [5.74, 6) is -0.0806. The highest BCUT2D eigenvalue weighted by atomic mass is 32.1. The van der Waals surface area contributed by atoms with Crippen LogP contribution in [0.5, 0.6) is 5.75 Å². The van der Waals surface area contributed by atoms with Crippen LogP contribution in [0.2, 0.25) is 0 Å². The summed E-state index contributed by atoms with van der Waals surface area (Å²) in [6.07, 6.45) is 0.657. The predicted molar refractivity (Wildman–Crippen MR) is 75.3 cm³/mol. The third kappa shape index (κ3) is 4.23. The molecule has 3 nitrogen and oxygen atoms in total. The monoisotopic (exact) mass is 270 g/mol. The highest BCUT2D eigenvalue weighted by molar-refractivity contribution is 7.80. The van der Waals surface area contributed by atoms with Gasteiger partial charge in [0.1, 0.15) is 0 Å². The van der Waals surface area contributed by atoms with E-state index in [1.54, 1.807) is 6.07 Å². The van der Waals surface area contributed by atoms with Gasteiger partial charge in [-0.3, -0.25) is 4.90 Å². The molecule has 0 fully saturated rings. The number of nitrogens with zero attached hydrogens (tertiary/aromatic N) is 1. The zero-order chi connectivity index (χ0) is 13.7. The normalized spacial score (nSPS) is 12.5. The summed E-state index contributed by atoms with van der Waals surface area (Å²) >= 11 is 4.88. The Balaban J connectivity index is 2.67. The smallest absolute Gasteiger partial charge is 0.165 e. The maximum absolute atomic E-state index is 13.5. The molecule has 18 heavy (non-hydrogen) atoms. The molecule has 0 saturated carbocycles. The van der Waals surface area contributed by atoms with E-state index in [-0.39, 0.29) is 17.6 Å². The van der Waals surface area contributed by atoms with Crippen LogP contribution >= 0.6 is 12.2 Å². The molecule has 0 aromatic heterocycles. The summed E-state index contributed by atoms with van der Waals surface area (Å²) in [5, 5.41) is 0. The second-order valence-corrected chi connectivity index (χ2v) is 4.93. The van der Waals surface area contributed by atoms with Crippen LogP contribution < -0.4 is 10.5 Å². The minimum atomic E-state index is -0.342. The van der Waals surface area contributed by atoms with Crippen molar-refractivity contribution in [2.45, 2.75) is 25.9 Å². The van der Waals surface area contributed by atoms with E-state index in [9.17, 15) is 4.39 Å². The Bertz CT molecular complexity index is 425. The second-order valence-electron chi connectivity index (χ2n) is 4.40. The predicted octanol–water partition coefficient (Wildman–Crippen LogP) is 2.33. The fourth-order valence-electron chi connectivity index (χ4n) is 1.70. The van der Waals surface area contributed by atoms with Gasteiger partial charge in [-0.15, -0.1) is 0 Å². The van der Waals surface area contributed by atoms with E-state index in [1.807, 2.05) is 20.0 Å². The van der Waals surface area contributed by atoms with Crippen LogP contribution in [0.3, 0.4) is 0 Å². The van der Waals surface area contributed by atoms with Crippen LogP contribution in [-0.4, -0.2) is 30.1 Å². The summed E-state index contributed by atoms with van der Waals surface area (Å²) in [5.41, 5.74) is 6.41. The Labute approximate surface area is 113 Å². The standard InChI is InChI=1S/C13H19FN2OS/c1-9(6-13(15)18)16(2)8-10-4-5-12(17-3)11(14)7-10/h4-5,7,9H,6,8H2,1-3H3,(H2,15,18). The van der Waals surface area contributed by atoms with Crippen molar-refractivity contribution in [3.8, 4) is 5.75 Å². The Kier molecular flexibility index (Phi) is 5.50. The van der Waals surface area contributed by atoms with Gasteiger partial charge in [0, 0.05) is 19.0 Å². The van der Waals surface area contributed by atoms with Crippen LogP contribution in [0.15, 0.2) is 18.2 Å². The van der Waals surface area contributed by atoms with Crippen molar-refractivity contribution in [1.82, 2.24) is 4.90 Å². The SMILES string of the molecule is COc1ccc(CN(C)C(C)CC(N)=S)cc1F. The van der Waals surface area contributed by atoms with Gasteiger partial charge in [0.05, 0.1) is 12.1 Å². The number of hydrogen-bond donors (Lipinski definition) is 1. The molecule has 100 valence electrons. The lowest BCUT2D eigenvalue weighted by atomic mass is 10.1. The number of thiocarbonyl (C=S) groups is 1. The molecule has 0 bridgehead atoms. The molecule has 2 N–H and O–H groups in total. The van der Waals surface area contributed by atoms with Gasteiger partial charge >= 0.3 is 0 Å². The summed E-state index contributed by atoms with van der Waals surface area (Å²) < 4.78 is 18.4. The minimum absolute atomic E-state index is 0.229. The van der Waals surface area contributed by atoms with Crippen molar-refractivity contribution in [2.24, 2.45) is 5.73 Å². The first-order valence-electron chi connectivity index (χ1n) is 5.75. The number of benzene rings is 1. The topological polar surface area (TPSA) is 38.5 Å². The zero-order valence-corrected chi connectivity index (χ0v) is 11.8. The first-order chi connectivity index (χ1) is 8.43. The van der Waals surface area contributed by atoms with Gasteiger partial charge in [-0.25, -0.2) is 4.39 Å². The maximum atomic E-state index is 13.5. The molecule has 5 heteroatoms. The molecule has 0 spiro atoms. The molecule has 1 aromatic rings. The fraction of sp³-hybridized carbons (Fsp3) is 0.462. The van der Waals surface area contributed by atoms with E-state index in [0.29, 0.717) is 18.0 Å². The van der Waals surface area contributed by atoms with Crippen LogP contribution in [0.4, 0.5) is 4.39 Å². The van der Waals surface area contributed by atoms with Gasteiger partial charge in [-0.1, -0.05) is 18.3 Å². The molecule has 1 unspecified atom stereocenters. The summed E-state index contributed by atoms with van der Waals surface area (Å²) in [7, 11) is 3.42. The van der Waals surface area contributed by atoms with E-state index in [2.05, 4.69) is 4.90 Å². The van der Waals surface area contributed by atoms with Gasteiger partial charge in [0.25, 0.3) is 0 Å².